The fraction of sp³-hybridized carbons (Fsp3) is 0. The molecule has 0 aliphatic heterocycles. The van der Waals surface area contributed by atoms with Crippen LogP contribution in [-0.2, 0) is 0 Å². The summed E-state index contributed by atoms with van der Waals surface area (Å²) in [6.07, 6.45) is 7.79. The second-order valence-electron chi connectivity index (χ2n) is 5.09. The Kier molecular flexibility index (Phi) is 4.66. The predicted molar refractivity (Wildman–Crippen MR) is 93.2 cm³/mol. The van der Waals surface area contributed by atoms with E-state index in [0.29, 0.717) is 22.0 Å². The number of allylic oxidation sites excluding steroid dienone is 4. The highest BCUT2D eigenvalue weighted by molar-refractivity contribution is 6.25. The van der Waals surface area contributed by atoms with Gasteiger partial charge < -0.3 is 20.3 Å². The van der Waals surface area contributed by atoms with Gasteiger partial charge in [0.1, 0.15) is 10.8 Å². The Morgan fingerprint density at radius 3 is 2.56 bits per heavy atom. The van der Waals surface area contributed by atoms with Crippen LogP contribution in [0, 0.1) is 10.4 Å². The van der Waals surface area contributed by atoms with E-state index in [9.17, 15) is 15.2 Å². The lowest BCUT2D eigenvalue weighted by atomic mass is 10.1. The molecule has 25 heavy (non-hydrogen) atoms. The Labute approximate surface area is 142 Å². The van der Waals surface area contributed by atoms with Crippen molar-refractivity contribution >= 4 is 23.4 Å². The van der Waals surface area contributed by atoms with E-state index in [0.717, 1.165) is 0 Å². The largest absolute Gasteiger partial charge is 0.612 e. The summed E-state index contributed by atoms with van der Waals surface area (Å²) >= 11 is 0. The van der Waals surface area contributed by atoms with Crippen molar-refractivity contribution in [3.05, 3.63) is 93.6 Å². The Morgan fingerprint density at radius 1 is 1.04 bits per heavy atom. The summed E-state index contributed by atoms with van der Waals surface area (Å²) in [5.74, 6) is -0.290. The summed E-state index contributed by atoms with van der Waals surface area (Å²) in [5, 5.41) is 22.2. The Bertz CT molecular complexity index is 981. The molecule has 0 fully saturated rings. The van der Waals surface area contributed by atoms with Crippen LogP contribution in [-0.4, -0.2) is 16.5 Å². The first-order valence-electron chi connectivity index (χ1n) is 7.43. The van der Waals surface area contributed by atoms with Gasteiger partial charge in [-0.2, -0.15) is 4.90 Å². The highest BCUT2D eigenvalue weighted by Crippen LogP contribution is 2.07. The summed E-state index contributed by atoms with van der Waals surface area (Å²) in [5.41, 5.74) is 6.82. The number of carbonyl (C=O) groups is 1. The molecule has 0 unspecified atom stereocenters. The average Bonchev–Trinajstić information content (AvgIpc) is 3.11. The monoisotopic (exact) mass is 336 g/mol. The molecule has 1 aliphatic carbocycles. The molecule has 0 atom stereocenters. The molecule has 1 aliphatic rings. The maximum absolute atomic E-state index is 11.9. The molecule has 1 aromatic heterocycles. The summed E-state index contributed by atoms with van der Waals surface area (Å²) in [6, 6.07) is 12.0. The minimum absolute atomic E-state index is 0.0336. The first-order valence-corrected chi connectivity index (χ1v) is 7.43. The van der Waals surface area contributed by atoms with Crippen LogP contribution in [0.25, 0.3) is 11.8 Å². The molecular weight excluding hydrogens is 322 g/mol. The minimum atomic E-state index is -0.459. The molecular formula is C18H14N3O4-. The van der Waals surface area contributed by atoms with Crippen LogP contribution in [0.15, 0.2) is 71.2 Å². The van der Waals surface area contributed by atoms with Crippen molar-refractivity contribution in [3.8, 4) is 0 Å². The van der Waals surface area contributed by atoms with Gasteiger partial charge in [-0.25, -0.2) is 0 Å². The quantitative estimate of drug-likeness (QED) is 0.634. The van der Waals surface area contributed by atoms with E-state index in [1.165, 1.54) is 12.3 Å². The van der Waals surface area contributed by atoms with Crippen LogP contribution >= 0.6 is 0 Å². The van der Waals surface area contributed by atoms with Crippen molar-refractivity contribution < 1.29 is 14.1 Å². The molecule has 0 saturated carbocycles. The molecule has 0 radical (unpaired) electrons. The summed E-state index contributed by atoms with van der Waals surface area (Å²) < 4.78 is 5.57. The van der Waals surface area contributed by atoms with E-state index in [2.05, 4.69) is 10.9 Å². The second-order valence-corrected chi connectivity index (χ2v) is 5.09. The number of amides is 1. The van der Waals surface area contributed by atoms with E-state index in [-0.39, 0.29) is 11.6 Å². The highest BCUT2D eigenvalue weighted by Gasteiger charge is 2.13. The lowest BCUT2D eigenvalue weighted by Gasteiger charge is -2.09. The smallest absolute Gasteiger partial charge is 0.269 e. The molecule has 0 saturated heterocycles. The zero-order chi connectivity index (χ0) is 17.6. The van der Waals surface area contributed by atoms with Crippen molar-refractivity contribution in [3.63, 3.8) is 0 Å². The third-order valence-corrected chi connectivity index (χ3v) is 3.43. The maximum atomic E-state index is 11.9. The van der Waals surface area contributed by atoms with Crippen LogP contribution in [0.1, 0.15) is 10.4 Å². The van der Waals surface area contributed by atoms with Gasteiger partial charge in [-0.3, -0.25) is 10.2 Å². The standard InChI is InChI=1S/C18H14N3O4/c22-18(13-6-2-1-3-7-13)20-19-12-14-10-11-17(25-14)15-8-4-5-9-16(15)21(23)24/h1-12,19H,(H-,20,22,23,24)/q-1. The first-order chi connectivity index (χ1) is 12.1. The summed E-state index contributed by atoms with van der Waals surface area (Å²) in [7, 11) is 0. The van der Waals surface area contributed by atoms with Gasteiger partial charge in [0.15, 0.2) is 0 Å². The predicted octanol–water partition coefficient (Wildman–Crippen LogP) is 0.678. The molecule has 126 valence electrons. The number of hydrazine groups is 1. The van der Waals surface area contributed by atoms with E-state index >= 15 is 0 Å². The Hall–Kier alpha value is -3.74. The van der Waals surface area contributed by atoms with Crippen LogP contribution in [0.5, 0.6) is 0 Å². The molecule has 7 nitrogen and oxygen atoms in total. The van der Waals surface area contributed by atoms with E-state index in [1.54, 1.807) is 54.6 Å². The molecule has 0 spiro atoms. The number of nitrogens with one attached hydrogen (secondary N) is 2. The fourth-order valence-corrected chi connectivity index (χ4v) is 2.25. The average molecular weight is 336 g/mol. The third kappa shape index (κ3) is 3.78. The molecule has 1 aromatic carbocycles. The van der Waals surface area contributed by atoms with Crippen molar-refractivity contribution in [2.45, 2.75) is 0 Å². The SMILES string of the molecule is O=C(NNC=c1ccc(=C2C=CC=CC2=[N+]([O-])[O-])o1)c1ccccc1. The first kappa shape index (κ1) is 16.1. The Balaban J connectivity index is 1.78. The highest BCUT2D eigenvalue weighted by atomic mass is 16.8. The molecule has 1 amide bonds. The van der Waals surface area contributed by atoms with Crippen LogP contribution in [0.2, 0.25) is 0 Å². The van der Waals surface area contributed by atoms with Gasteiger partial charge in [-0.1, -0.05) is 30.4 Å². The normalized spacial score (nSPS) is 16.0. The van der Waals surface area contributed by atoms with Crippen molar-refractivity contribution in [2.75, 3.05) is 0 Å². The lowest BCUT2D eigenvalue weighted by molar-refractivity contribution is -0.376. The number of hydrogen-bond acceptors (Lipinski definition) is 5. The number of rotatable bonds is 3. The molecule has 1 heterocycles. The zero-order valence-corrected chi connectivity index (χ0v) is 13.0. The number of nitrogens with zero attached hydrogens (tertiary/aromatic N) is 1. The second kappa shape index (κ2) is 7.22. The van der Waals surface area contributed by atoms with Crippen LogP contribution in [0.3, 0.4) is 0 Å². The van der Waals surface area contributed by atoms with Crippen LogP contribution < -0.4 is 21.7 Å². The number of benzene rings is 1. The molecule has 0 bridgehead atoms. The lowest BCUT2D eigenvalue weighted by Crippen LogP contribution is -2.34. The summed E-state index contributed by atoms with van der Waals surface area (Å²) in [4.78, 5) is 11.4. The molecule has 7 heteroatoms. The van der Waals surface area contributed by atoms with Gasteiger partial charge in [-0.15, -0.1) is 0 Å². The van der Waals surface area contributed by atoms with Gasteiger partial charge in [0.25, 0.3) is 5.91 Å². The van der Waals surface area contributed by atoms with Crippen molar-refractivity contribution in [2.24, 2.45) is 0 Å². The van der Waals surface area contributed by atoms with Gasteiger partial charge in [-0.05, 0) is 30.3 Å². The number of carbonyl (C=O) groups excluding carboxylic acids is 1. The minimum Gasteiger partial charge on any atom is -0.612 e. The zero-order valence-electron chi connectivity index (χ0n) is 13.0. The van der Waals surface area contributed by atoms with Gasteiger partial charge in [0, 0.05) is 11.6 Å². The topological polar surface area (TPSA) is 103 Å². The van der Waals surface area contributed by atoms with Crippen molar-refractivity contribution in [1.29, 1.82) is 0 Å². The van der Waals surface area contributed by atoms with Gasteiger partial charge in [0.05, 0.1) is 11.8 Å². The van der Waals surface area contributed by atoms with E-state index in [4.69, 9.17) is 4.42 Å². The maximum Gasteiger partial charge on any atom is 0.269 e. The Morgan fingerprint density at radius 2 is 1.80 bits per heavy atom. The molecule has 2 aromatic rings. The van der Waals surface area contributed by atoms with Gasteiger partial charge >= 0.3 is 0 Å². The summed E-state index contributed by atoms with van der Waals surface area (Å²) in [6.45, 7) is 0. The number of furan rings is 1. The third-order valence-electron chi connectivity index (χ3n) is 3.43. The van der Waals surface area contributed by atoms with Crippen molar-refractivity contribution in [1.82, 2.24) is 10.9 Å². The van der Waals surface area contributed by atoms with E-state index < -0.39 is 4.90 Å². The molecule has 3 rings (SSSR count). The van der Waals surface area contributed by atoms with Crippen LogP contribution in [0.4, 0.5) is 0 Å². The van der Waals surface area contributed by atoms with Gasteiger partial charge in [0.2, 0.25) is 5.71 Å². The van der Waals surface area contributed by atoms with E-state index in [1.807, 2.05) is 6.07 Å². The fourth-order valence-electron chi connectivity index (χ4n) is 2.25. The molecule has 2 N–H and O–H groups in total. The number of hydrogen-bond donors (Lipinski definition) is 2.